The first kappa shape index (κ1) is 23.1. The first-order valence-corrected chi connectivity index (χ1v) is 12.7. The highest BCUT2D eigenvalue weighted by Crippen LogP contribution is 2.33. The topological polar surface area (TPSA) is 57.2 Å². The standard InChI is InChI=1S/C24H34O5Si/c1-26-30(27-2,29-19-22-11-7-4-8-12-22)16-15-20-13-14-23(25)24(17-20)28-18-21-9-5-3-6-10-21/h3-12,20,23-25H,13-19H2,1-2H3. The smallest absolute Gasteiger partial charge is 0.390 e. The molecule has 1 fully saturated rings. The molecule has 3 rings (SSSR count). The summed E-state index contributed by atoms with van der Waals surface area (Å²) < 4.78 is 23.8. The van der Waals surface area contributed by atoms with Gasteiger partial charge in [0.25, 0.3) is 0 Å². The van der Waals surface area contributed by atoms with Crippen molar-refractivity contribution in [2.24, 2.45) is 5.92 Å². The van der Waals surface area contributed by atoms with Gasteiger partial charge in [0.15, 0.2) is 0 Å². The average molecular weight is 431 g/mol. The van der Waals surface area contributed by atoms with Gasteiger partial charge in [-0.05, 0) is 42.7 Å². The van der Waals surface area contributed by atoms with Gasteiger partial charge in [-0.2, -0.15) is 0 Å². The molecule has 3 atom stereocenters. The molecule has 0 bridgehead atoms. The minimum absolute atomic E-state index is 0.129. The largest absolute Gasteiger partial charge is 0.500 e. The Labute approximate surface area is 181 Å². The van der Waals surface area contributed by atoms with E-state index >= 15 is 0 Å². The van der Waals surface area contributed by atoms with Gasteiger partial charge in [0.05, 0.1) is 25.4 Å². The van der Waals surface area contributed by atoms with Crippen LogP contribution in [0.5, 0.6) is 0 Å². The molecule has 2 aromatic rings. The van der Waals surface area contributed by atoms with Gasteiger partial charge in [-0.3, -0.25) is 0 Å². The lowest BCUT2D eigenvalue weighted by molar-refractivity contribution is -0.0791. The molecule has 0 aromatic heterocycles. The molecule has 0 saturated heterocycles. The molecule has 0 heterocycles. The molecule has 2 aromatic carbocycles. The van der Waals surface area contributed by atoms with Gasteiger partial charge in [0.2, 0.25) is 0 Å². The van der Waals surface area contributed by atoms with Crippen molar-refractivity contribution in [1.29, 1.82) is 0 Å². The van der Waals surface area contributed by atoms with E-state index in [1.807, 2.05) is 60.7 Å². The number of aliphatic hydroxyl groups is 1. The maximum absolute atomic E-state index is 10.4. The zero-order chi connectivity index (χ0) is 21.2. The monoisotopic (exact) mass is 430 g/mol. The van der Waals surface area contributed by atoms with Crippen LogP contribution in [-0.4, -0.2) is 40.3 Å². The van der Waals surface area contributed by atoms with Crippen LogP contribution in [0, 0.1) is 5.92 Å². The highest BCUT2D eigenvalue weighted by molar-refractivity contribution is 6.60. The Morgan fingerprint density at radius 1 is 0.867 bits per heavy atom. The zero-order valence-corrected chi connectivity index (χ0v) is 19.0. The van der Waals surface area contributed by atoms with Gasteiger partial charge in [-0.25, -0.2) is 0 Å². The van der Waals surface area contributed by atoms with Gasteiger partial charge < -0.3 is 23.1 Å². The van der Waals surface area contributed by atoms with E-state index in [0.717, 1.165) is 42.9 Å². The maximum atomic E-state index is 10.4. The molecule has 0 radical (unpaired) electrons. The lowest BCUT2D eigenvalue weighted by Crippen LogP contribution is -2.44. The summed E-state index contributed by atoms with van der Waals surface area (Å²) in [6, 6.07) is 21.0. The summed E-state index contributed by atoms with van der Waals surface area (Å²) in [7, 11) is 0.632. The second-order valence-electron chi connectivity index (χ2n) is 7.99. The molecular formula is C24H34O5Si. The zero-order valence-electron chi connectivity index (χ0n) is 18.0. The van der Waals surface area contributed by atoms with Crippen molar-refractivity contribution in [2.75, 3.05) is 14.2 Å². The van der Waals surface area contributed by atoms with Gasteiger partial charge in [-0.1, -0.05) is 60.7 Å². The summed E-state index contributed by atoms with van der Waals surface area (Å²) in [6.45, 7) is 1.02. The average Bonchev–Trinajstić information content (AvgIpc) is 2.81. The third kappa shape index (κ3) is 6.73. The number of benzene rings is 2. The fraction of sp³-hybridized carbons (Fsp3) is 0.500. The van der Waals surface area contributed by atoms with E-state index in [4.69, 9.17) is 18.0 Å². The minimum Gasteiger partial charge on any atom is -0.390 e. The summed E-state index contributed by atoms with van der Waals surface area (Å²) in [6.07, 6.45) is 3.03. The molecule has 1 aliphatic carbocycles. The van der Waals surface area contributed by atoms with Crippen molar-refractivity contribution in [3.8, 4) is 0 Å². The van der Waals surface area contributed by atoms with Crippen LogP contribution in [0.4, 0.5) is 0 Å². The Kier molecular flexibility index (Phi) is 9.05. The van der Waals surface area contributed by atoms with Crippen LogP contribution >= 0.6 is 0 Å². The van der Waals surface area contributed by atoms with Gasteiger partial charge in [0.1, 0.15) is 0 Å². The molecule has 164 valence electrons. The number of aliphatic hydroxyl groups excluding tert-OH is 1. The summed E-state index contributed by atoms with van der Waals surface area (Å²) in [4.78, 5) is 0. The van der Waals surface area contributed by atoms with Crippen molar-refractivity contribution < 1.29 is 23.1 Å². The SMILES string of the molecule is CO[Si](CCC1CCC(O)C(OCc2ccccc2)C1)(OC)OCc1ccccc1. The molecule has 6 heteroatoms. The van der Waals surface area contributed by atoms with E-state index in [9.17, 15) is 5.11 Å². The minimum atomic E-state index is -2.72. The Hall–Kier alpha value is -1.54. The fourth-order valence-corrected chi connectivity index (χ4v) is 6.14. The van der Waals surface area contributed by atoms with E-state index in [1.54, 1.807) is 14.2 Å². The number of rotatable bonds is 11. The van der Waals surface area contributed by atoms with Crippen molar-refractivity contribution in [1.82, 2.24) is 0 Å². The third-order valence-electron chi connectivity index (χ3n) is 5.95. The Morgan fingerprint density at radius 2 is 1.47 bits per heavy atom. The molecule has 0 amide bonds. The first-order chi connectivity index (χ1) is 14.6. The second kappa shape index (κ2) is 11.7. The van der Waals surface area contributed by atoms with Crippen molar-refractivity contribution in [2.45, 2.75) is 57.1 Å². The van der Waals surface area contributed by atoms with Crippen LogP contribution in [-0.2, 0) is 31.2 Å². The number of hydrogen-bond acceptors (Lipinski definition) is 5. The van der Waals surface area contributed by atoms with E-state index in [0.29, 0.717) is 19.1 Å². The van der Waals surface area contributed by atoms with Crippen LogP contribution in [0.25, 0.3) is 0 Å². The molecule has 30 heavy (non-hydrogen) atoms. The van der Waals surface area contributed by atoms with E-state index in [2.05, 4.69) is 0 Å². The Balaban J connectivity index is 1.50. The fourth-order valence-electron chi connectivity index (χ4n) is 4.04. The van der Waals surface area contributed by atoms with Gasteiger partial charge >= 0.3 is 8.80 Å². The molecule has 1 aliphatic rings. The molecule has 3 unspecified atom stereocenters. The molecule has 1 saturated carbocycles. The van der Waals surface area contributed by atoms with Crippen molar-refractivity contribution in [3.05, 3.63) is 71.8 Å². The molecule has 5 nitrogen and oxygen atoms in total. The van der Waals surface area contributed by atoms with Gasteiger partial charge in [0, 0.05) is 20.3 Å². The maximum Gasteiger partial charge on any atom is 0.500 e. The highest BCUT2D eigenvalue weighted by atomic mass is 28.4. The quantitative estimate of drug-likeness (QED) is 0.529. The summed E-state index contributed by atoms with van der Waals surface area (Å²) in [5.74, 6) is 0.465. The van der Waals surface area contributed by atoms with Crippen LogP contribution in [0.1, 0.15) is 36.8 Å². The lowest BCUT2D eigenvalue weighted by Gasteiger charge is -2.35. The summed E-state index contributed by atoms with van der Waals surface area (Å²) in [5, 5.41) is 10.4. The predicted octanol–water partition coefficient (Wildman–Crippen LogP) is 4.57. The predicted molar refractivity (Wildman–Crippen MR) is 119 cm³/mol. The Morgan fingerprint density at radius 3 is 2.07 bits per heavy atom. The first-order valence-electron chi connectivity index (χ1n) is 10.8. The lowest BCUT2D eigenvalue weighted by atomic mass is 9.84. The number of ether oxygens (including phenoxy) is 1. The Bertz CT molecular complexity index is 723. The van der Waals surface area contributed by atoms with Crippen LogP contribution < -0.4 is 0 Å². The van der Waals surface area contributed by atoms with E-state index < -0.39 is 14.9 Å². The molecule has 1 N–H and O–H groups in total. The van der Waals surface area contributed by atoms with E-state index in [-0.39, 0.29) is 6.10 Å². The highest BCUT2D eigenvalue weighted by Gasteiger charge is 2.40. The normalized spacial score (nSPS) is 22.2. The van der Waals surface area contributed by atoms with Crippen molar-refractivity contribution in [3.63, 3.8) is 0 Å². The second-order valence-corrected chi connectivity index (χ2v) is 11.0. The van der Waals surface area contributed by atoms with Crippen LogP contribution in [0.15, 0.2) is 60.7 Å². The number of hydrogen-bond donors (Lipinski definition) is 1. The van der Waals surface area contributed by atoms with Crippen LogP contribution in [0.3, 0.4) is 0 Å². The summed E-state index contributed by atoms with van der Waals surface area (Å²) in [5.41, 5.74) is 2.24. The third-order valence-corrected chi connectivity index (χ3v) is 8.68. The van der Waals surface area contributed by atoms with Crippen LogP contribution in [0.2, 0.25) is 6.04 Å². The van der Waals surface area contributed by atoms with Gasteiger partial charge in [-0.15, -0.1) is 0 Å². The van der Waals surface area contributed by atoms with Crippen molar-refractivity contribution >= 4 is 8.80 Å². The molecule has 0 aliphatic heterocycles. The summed E-state index contributed by atoms with van der Waals surface area (Å²) >= 11 is 0. The molecular weight excluding hydrogens is 396 g/mol. The molecule has 0 spiro atoms. The van der Waals surface area contributed by atoms with E-state index in [1.165, 1.54) is 0 Å².